The van der Waals surface area contributed by atoms with E-state index < -0.39 is 0 Å². The standard InChI is InChI=1S/C8H12N6OS/c1-4(2)16-3-5-10-7(15-14-5)6-11-8(9)13-12-6/h4H,3H2,1-2H3,(H3,9,11,12,13). The van der Waals surface area contributed by atoms with Gasteiger partial charge in [-0.2, -0.15) is 21.7 Å². The number of thioether (sulfide) groups is 1. The number of rotatable bonds is 4. The fourth-order valence-corrected chi connectivity index (χ4v) is 1.62. The first-order valence-corrected chi connectivity index (χ1v) is 5.82. The molecule has 0 amide bonds. The number of nitrogens with one attached hydrogen (secondary N) is 1. The zero-order valence-electron chi connectivity index (χ0n) is 8.97. The Bertz CT molecular complexity index is 465. The lowest BCUT2D eigenvalue weighted by molar-refractivity contribution is 0.422. The molecular formula is C8H12N6OS. The molecule has 2 aromatic heterocycles. The number of anilines is 1. The zero-order valence-corrected chi connectivity index (χ0v) is 9.78. The van der Waals surface area contributed by atoms with Gasteiger partial charge in [-0.15, -0.1) is 5.10 Å². The number of H-pyrrole nitrogens is 1. The average Bonchev–Trinajstić information content (AvgIpc) is 2.83. The third-order valence-corrected chi connectivity index (χ3v) is 2.81. The van der Waals surface area contributed by atoms with Crippen molar-refractivity contribution >= 4 is 17.7 Å². The van der Waals surface area contributed by atoms with Crippen LogP contribution in [-0.2, 0) is 5.75 Å². The molecule has 16 heavy (non-hydrogen) atoms. The van der Waals surface area contributed by atoms with Crippen LogP contribution in [0.4, 0.5) is 5.95 Å². The molecule has 0 atom stereocenters. The third-order valence-electron chi connectivity index (χ3n) is 1.72. The van der Waals surface area contributed by atoms with Crippen molar-refractivity contribution in [3.05, 3.63) is 5.82 Å². The molecule has 0 aliphatic heterocycles. The highest BCUT2D eigenvalue weighted by Crippen LogP contribution is 2.17. The van der Waals surface area contributed by atoms with E-state index in [2.05, 4.69) is 39.2 Å². The third kappa shape index (κ3) is 2.51. The quantitative estimate of drug-likeness (QED) is 0.823. The van der Waals surface area contributed by atoms with Crippen LogP contribution in [-0.4, -0.2) is 30.6 Å². The molecule has 0 aliphatic rings. The first kappa shape index (κ1) is 10.9. The number of hydrogen-bond donors (Lipinski definition) is 2. The van der Waals surface area contributed by atoms with Crippen molar-refractivity contribution in [1.29, 1.82) is 0 Å². The highest BCUT2D eigenvalue weighted by atomic mass is 32.2. The molecule has 0 aromatic carbocycles. The number of aromatic amines is 1. The van der Waals surface area contributed by atoms with Crippen molar-refractivity contribution in [3.63, 3.8) is 0 Å². The van der Waals surface area contributed by atoms with Crippen LogP contribution in [0.1, 0.15) is 19.7 Å². The molecule has 86 valence electrons. The molecule has 7 nitrogen and oxygen atoms in total. The van der Waals surface area contributed by atoms with Crippen LogP contribution >= 0.6 is 11.8 Å². The maximum Gasteiger partial charge on any atom is 0.295 e. The number of nitrogen functional groups attached to an aromatic ring is 1. The Morgan fingerprint density at radius 3 is 2.88 bits per heavy atom. The van der Waals surface area contributed by atoms with Crippen LogP contribution in [0.15, 0.2) is 4.52 Å². The molecule has 0 aliphatic carbocycles. The first-order valence-electron chi connectivity index (χ1n) is 4.77. The number of nitrogens with two attached hydrogens (primary N) is 1. The summed E-state index contributed by atoms with van der Waals surface area (Å²) in [5.41, 5.74) is 5.37. The van der Waals surface area contributed by atoms with E-state index >= 15 is 0 Å². The molecule has 0 unspecified atom stereocenters. The van der Waals surface area contributed by atoms with Gasteiger partial charge in [0.15, 0.2) is 5.82 Å². The molecule has 0 saturated carbocycles. The molecular weight excluding hydrogens is 228 g/mol. The van der Waals surface area contributed by atoms with E-state index in [0.717, 1.165) is 0 Å². The molecule has 2 heterocycles. The summed E-state index contributed by atoms with van der Waals surface area (Å²) in [6.45, 7) is 4.23. The maximum atomic E-state index is 5.37. The molecule has 0 fully saturated rings. The second kappa shape index (κ2) is 4.52. The van der Waals surface area contributed by atoms with Gasteiger partial charge in [-0.1, -0.05) is 19.0 Å². The molecule has 0 radical (unpaired) electrons. The number of aromatic nitrogens is 5. The van der Waals surface area contributed by atoms with E-state index in [1.165, 1.54) is 0 Å². The summed E-state index contributed by atoms with van der Waals surface area (Å²) in [7, 11) is 0. The lowest BCUT2D eigenvalue weighted by Gasteiger charge is -1.98. The van der Waals surface area contributed by atoms with Gasteiger partial charge >= 0.3 is 0 Å². The second-order valence-electron chi connectivity index (χ2n) is 3.42. The number of nitrogens with zero attached hydrogens (tertiary/aromatic N) is 4. The Hall–Kier alpha value is -1.57. The van der Waals surface area contributed by atoms with Gasteiger partial charge in [-0.05, 0) is 5.25 Å². The first-order chi connectivity index (χ1) is 7.65. The monoisotopic (exact) mass is 240 g/mol. The van der Waals surface area contributed by atoms with Crippen molar-refractivity contribution in [2.75, 3.05) is 5.73 Å². The SMILES string of the molecule is CC(C)SCc1noc(-c2nc(N)n[nH]2)n1. The lowest BCUT2D eigenvalue weighted by Crippen LogP contribution is -1.91. The van der Waals surface area contributed by atoms with Gasteiger partial charge in [0, 0.05) is 0 Å². The highest BCUT2D eigenvalue weighted by Gasteiger charge is 2.12. The minimum absolute atomic E-state index is 0.159. The van der Waals surface area contributed by atoms with E-state index in [0.29, 0.717) is 28.5 Å². The van der Waals surface area contributed by atoms with Crippen LogP contribution in [0.25, 0.3) is 11.7 Å². The maximum absolute atomic E-state index is 5.37. The molecule has 0 spiro atoms. The summed E-state index contributed by atoms with van der Waals surface area (Å²) in [4.78, 5) is 8.08. The Morgan fingerprint density at radius 2 is 2.25 bits per heavy atom. The Balaban J connectivity index is 2.07. The van der Waals surface area contributed by atoms with Crippen LogP contribution in [0.5, 0.6) is 0 Å². The topological polar surface area (TPSA) is 107 Å². The van der Waals surface area contributed by atoms with Crippen molar-refractivity contribution in [1.82, 2.24) is 25.3 Å². The van der Waals surface area contributed by atoms with Crippen LogP contribution in [0.2, 0.25) is 0 Å². The fourth-order valence-electron chi connectivity index (χ4n) is 1.02. The predicted molar refractivity (Wildman–Crippen MR) is 60.5 cm³/mol. The largest absolute Gasteiger partial charge is 0.366 e. The second-order valence-corrected chi connectivity index (χ2v) is 4.98. The van der Waals surface area contributed by atoms with Gasteiger partial charge in [-0.3, -0.25) is 5.10 Å². The van der Waals surface area contributed by atoms with E-state index in [4.69, 9.17) is 10.3 Å². The molecule has 3 N–H and O–H groups in total. The molecule has 2 rings (SSSR count). The smallest absolute Gasteiger partial charge is 0.295 e. The summed E-state index contributed by atoms with van der Waals surface area (Å²) in [5, 5.41) is 10.7. The van der Waals surface area contributed by atoms with Gasteiger partial charge in [0.2, 0.25) is 11.8 Å². The van der Waals surface area contributed by atoms with Gasteiger partial charge in [0.25, 0.3) is 5.89 Å². The van der Waals surface area contributed by atoms with E-state index in [1.54, 1.807) is 11.8 Å². The minimum atomic E-state index is 0.159. The van der Waals surface area contributed by atoms with Crippen molar-refractivity contribution in [2.24, 2.45) is 0 Å². The van der Waals surface area contributed by atoms with Crippen molar-refractivity contribution in [2.45, 2.75) is 24.9 Å². The zero-order chi connectivity index (χ0) is 11.5. The van der Waals surface area contributed by atoms with Gasteiger partial charge < -0.3 is 10.3 Å². The summed E-state index contributed by atoms with van der Waals surface area (Å²) in [6, 6.07) is 0. The van der Waals surface area contributed by atoms with Crippen LogP contribution in [0, 0.1) is 0 Å². The number of hydrogen-bond acceptors (Lipinski definition) is 7. The minimum Gasteiger partial charge on any atom is -0.366 e. The molecule has 0 saturated heterocycles. The molecule has 2 aromatic rings. The summed E-state index contributed by atoms with van der Waals surface area (Å²) in [5.74, 6) is 2.22. The van der Waals surface area contributed by atoms with E-state index in [1.807, 2.05) is 0 Å². The summed E-state index contributed by atoms with van der Waals surface area (Å²) >= 11 is 1.74. The van der Waals surface area contributed by atoms with Gasteiger partial charge in [0.05, 0.1) is 5.75 Å². The lowest BCUT2D eigenvalue weighted by atomic mass is 10.6. The highest BCUT2D eigenvalue weighted by molar-refractivity contribution is 7.99. The Labute approximate surface area is 96.2 Å². The molecule has 0 bridgehead atoms. The van der Waals surface area contributed by atoms with Gasteiger partial charge in [-0.25, -0.2) is 0 Å². The normalized spacial score (nSPS) is 11.2. The fraction of sp³-hybridized carbons (Fsp3) is 0.500. The van der Waals surface area contributed by atoms with Gasteiger partial charge in [0.1, 0.15) is 0 Å². The van der Waals surface area contributed by atoms with E-state index in [-0.39, 0.29) is 5.95 Å². The average molecular weight is 240 g/mol. The Morgan fingerprint density at radius 1 is 1.44 bits per heavy atom. The van der Waals surface area contributed by atoms with E-state index in [9.17, 15) is 0 Å². The summed E-state index contributed by atoms with van der Waals surface area (Å²) < 4.78 is 5.03. The van der Waals surface area contributed by atoms with Crippen molar-refractivity contribution in [3.8, 4) is 11.7 Å². The molecule has 8 heteroatoms. The predicted octanol–water partition coefficient (Wildman–Crippen LogP) is 1.08. The summed E-state index contributed by atoms with van der Waals surface area (Å²) in [6.07, 6.45) is 0. The van der Waals surface area contributed by atoms with Crippen LogP contribution < -0.4 is 5.73 Å². The van der Waals surface area contributed by atoms with Crippen molar-refractivity contribution < 1.29 is 4.52 Å². The Kier molecular flexibility index (Phi) is 3.09. The van der Waals surface area contributed by atoms with Crippen LogP contribution in [0.3, 0.4) is 0 Å².